The Bertz CT molecular complexity index is 584. The van der Waals surface area contributed by atoms with Crippen LogP contribution in [0.3, 0.4) is 0 Å². The van der Waals surface area contributed by atoms with Crippen LogP contribution in [0.25, 0.3) is 0 Å². The smallest absolute Gasteiger partial charge is 0.191 e. The summed E-state index contributed by atoms with van der Waals surface area (Å²) in [4.78, 5) is 4.31. The largest absolute Gasteiger partial charge is 0.379 e. The highest BCUT2D eigenvalue weighted by molar-refractivity contribution is 6.30. The predicted octanol–water partition coefficient (Wildman–Crippen LogP) is 2.73. The summed E-state index contributed by atoms with van der Waals surface area (Å²) in [6.45, 7) is 4.04. The average molecular weight is 366 g/mol. The average Bonchev–Trinajstić information content (AvgIpc) is 3.24. The second-order valence-electron chi connectivity index (χ2n) is 6.85. The number of benzene rings is 1. The molecule has 2 aliphatic rings. The Morgan fingerprint density at radius 2 is 2.28 bits per heavy atom. The van der Waals surface area contributed by atoms with Gasteiger partial charge in [-0.15, -0.1) is 0 Å². The monoisotopic (exact) mass is 365 g/mol. The quantitative estimate of drug-likeness (QED) is 0.422. The standard InChI is InChI=1S/C19H28ClN3O2/c1-21-18(22-9-3-10-25-17-6-11-24-13-17)23-14-19(7-8-19)15-4-2-5-16(20)12-15/h2,4-5,12,17H,3,6-11,13-14H2,1H3,(H2,21,22,23). The molecule has 0 spiro atoms. The summed E-state index contributed by atoms with van der Waals surface area (Å²) in [7, 11) is 1.81. The minimum atomic E-state index is 0.202. The number of hydrogen-bond acceptors (Lipinski definition) is 3. The van der Waals surface area contributed by atoms with Crippen molar-refractivity contribution in [2.45, 2.75) is 37.2 Å². The van der Waals surface area contributed by atoms with Crippen LogP contribution in [-0.2, 0) is 14.9 Å². The Morgan fingerprint density at radius 3 is 2.96 bits per heavy atom. The molecular formula is C19H28ClN3O2. The predicted molar refractivity (Wildman–Crippen MR) is 102 cm³/mol. The van der Waals surface area contributed by atoms with Crippen molar-refractivity contribution in [2.75, 3.05) is 40.0 Å². The maximum absolute atomic E-state index is 6.14. The topological polar surface area (TPSA) is 54.9 Å². The van der Waals surface area contributed by atoms with Crippen molar-refractivity contribution in [3.05, 3.63) is 34.9 Å². The van der Waals surface area contributed by atoms with Crippen LogP contribution in [0.2, 0.25) is 5.02 Å². The van der Waals surface area contributed by atoms with Crippen LogP contribution in [0.15, 0.2) is 29.3 Å². The van der Waals surface area contributed by atoms with Gasteiger partial charge in [0.2, 0.25) is 0 Å². The molecule has 1 aromatic rings. The highest BCUT2D eigenvalue weighted by atomic mass is 35.5. The van der Waals surface area contributed by atoms with E-state index in [1.54, 1.807) is 7.05 Å². The normalized spacial score (nSPS) is 22.0. The summed E-state index contributed by atoms with van der Waals surface area (Å²) in [5.41, 5.74) is 1.52. The number of guanidine groups is 1. The van der Waals surface area contributed by atoms with Crippen molar-refractivity contribution in [1.82, 2.24) is 10.6 Å². The molecule has 1 heterocycles. The molecule has 1 unspecified atom stereocenters. The second kappa shape index (κ2) is 8.88. The van der Waals surface area contributed by atoms with E-state index in [-0.39, 0.29) is 11.5 Å². The lowest BCUT2D eigenvalue weighted by atomic mass is 9.96. The van der Waals surface area contributed by atoms with Crippen molar-refractivity contribution in [3.63, 3.8) is 0 Å². The van der Waals surface area contributed by atoms with Crippen LogP contribution in [0.1, 0.15) is 31.2 Å². The third kappa shape index (κ3) is 5.33. The van der Waals surface area contributed by atoms with Crippen LogP contribution in [0, 0.1) is 0 Å². The summed E-state index contributed by atoms with van der Waals surface area (Å²) in [6.07, 6.45) is 4.63. The molecule has 1 aliphatic carbocycles. The zero-order chi connectivity index (χ0) is 17.5. The van der Waals surface area contributed by atoms with Crippen LogP contribution in [0.5, 0.6) is 0 Å². The first-order valence-electron chi connectivity index (χ1n) is 9.12. The molecule has 1 aliphatic heterocycles. The Hall–Kier alpha value is -1.30. The van der Waals surface area contributed by atoms with E-state index in [2.05, 4.69) is 27.8 Å². The summed E-state index contributed by atoms with van der Waals surface area (Å²) in [6, 6.07) is 8.20. The molecule has 1 aromatic carbocycles. The first kappa shape index (κ1) is 18.5. The number of ether oxygens (including phenoxy) is 2. The molecule has 0 aromatic heterocycles. The minimum absolute atomic E-state index is 0.202. The van der Waals surface area contributed by atoms with Gasteiger partial charge >= 0.3 is 0 Å². The fraction of sp³-hybridized carbons (Fsp3) is 0.632. The van der Waals surface area contributed by atoms with Crippen molar-refractivity contribution < 1.29 is 9.47 Å². The molecular weight excluding hydrogens is 338 g/mol. The molecule has 2 fully saturated rings. The number of aliphatic imine (C=N–C) groups is 1. The van der Waals surface area contributed by atoms with Gasteiger partial charge in [0.15, 0.2) is 5.96 Å². The Kier molecular flexibility index (Phi) is 6.57. The van der Waals surface area contributed by atoms with Crippen LogP contribution >= 0.6 is 11.6 Å². The fourth-order valence-corrected chi connectivity index (χ4v) is 3.37. The minimum Gasteiger partial charge on any atom is -0.379 e. The summed E-state index contributed by atoms with van der Waals surface area (Å²) in [5, 5.41) is 7.62. The first-order valence-corrected chi connectivity index (χ1v) is 9.50. The van der Waals surface area contributed by atoms with E-state index in [0.29, 0.717) is 0 Å². The lowest BCUT2D eigenvalue weighted by molar-refractivity contribution is 0.0420. The summed E-state index contributed by atoms with van der Waals surface area (Å²) in [5.74, 6) is 0.845. The van der Waals surface area contributed by atoms with E-state index in [9.17, 15) is 0 Å². The summed E-state index contributed by atoms with van der Waals surface area (Å²) < 4.78 is 11.1. The van der Waals surface area contributed by atoms with Gasteiger partial charge in [-0.05, 0) is 43.4 Å². The van der Waals surface area contributed by atoms with Gasteiger partial charge in [-0.1, -0.05) is 23.7 Å². The number of nitrogens with zero attached hydrogens (tertiary/aromatic N) is 1. The molecule has 1 saturated carbocycles. The van der Waals surface area contributed by atoms with E-state index in [4.69, 9.17) is 21.1 Å². The molecule has 6 heteroatoms. The van der Waals surface area contributed by atoms with E-state index >= 15 is 0 Å². The van der Waals surface area contributed by atoms with Crippen LogP contribution in [0.4, 0.5) is 0 Å². The number of halogens is 1. The Balaban J connectivity index is 1.36. The highest BCUT2D eigenvalue weighted by Crippen LogP contribution is 2.48. The number of rotatable bonds is 8. The van der Waals surface area contributed by atoms with Crippen molar-refractivity contribution >= 4 is 17.6 Å². The van der Waals surface area contributed by atoms with Crippen LogP contribution < -0.4 is 10.6 Å². The fourth-order valence-electron chi connectivity index (χ4n) is 3.18. The Labute approximate surface area is 155 Å². The molecule has 1 atom stereocenters. The third-order valence-corrected chi connectivity index (χ3v) is 5.20. The molecule has 0 radical (unpaired) electrons. The third-order valence-electron chi connectivity index (χ3n) is 4.96. The molecule has 5 nitrogen and oxygen atoms in total. The molecule has 0 bridgehead atoms. The molecule has 25 heavy (non-hydrogen) atoms. The van der Waals surface area contributed by atoms with Crippen molar-refractivity contribution in [3.8, 4) is 0 Å². The molecule has 1 saturated heterocycles. The SMILES string of the molecule is CN=C(NCCCOC1CCOC1)NCC1(c2cccc(Cl)c2)CC1. The zero-order valence-electron chi connectivity index (χ0n) is 14.9. The van der Waals surface area contributed by atoms with Crippen molar-refractivity contribution in [1.29, 1.82) is 0 Å². The maximum Gasteiger partial charge on any atom is 0.191 e. The number of nitrogens with one attached hydrogen (secondary N) is 2. The van der Waals surface area contributed by atoms with E-state index < -0.39 is 0 Å². The lowest BCUT2D eigenvalue weighted by Gasteiger charge is -2.19. The summed E-state index contributed by atoms with van der Waals surface area (Å²) >= 11 is 6.14. The van der Waals surface area contributed by atoms with Gasteiger partial charge < -0.3 is 20.1 Å². The van der Waals surface area contributed by atoms with E-state index in [1.807, 2.05) is 12.1 Å². The van der Waals surface area contributed by atoms with Gasteiger partial charge in [-0.25, -0.2) is 0 Å². The molecule has 0 amide bonds. The molecule has 3 rings (SSSR count). The maximum atomic E-state index is 6.14. The van der Waals surface area contributed by atoms with Gasteiger partial charge in [0, 0.05) is 43.8 Å². The van der Waals surface area contributed by atoms with Gasteiger partial charge in [-0.2, -0.15) is 0 Å². The second-order valence-corrected chi connectivity index (χ2v) is 7.29. The van der Waals surface area contributed by atoms with Gasteiger partial charge in [-0.3, -0.25) is 4.99 Å². The van der Waals surface area contributed by atoms with E-state index in [1.165, 1.54) is 18.4 Å². The first-order chi connectivity index (χ1) is 12.2. The van der Waals surface area contributed by atoms with Crippen LogP contribution in [-0.4, -0.2) is 52.0 Å². The zero-order valence-corrected chi connectivity index (χ0v) is 15.6. The van der Waals surface area contributed by atoms with E-state index in [0.717, 1.165) is 56.7 Å². The van der Waals surface area contributed by atoms with Gasteiger partial charge in [0.1, 0.15) is 0 Å². The van der Waals surface area contributed by atoms with Gasteiger partial charge in [0.05, 0.1) is 12.7 Å². The Morgan fingerprint density at radius 1 is 1.40 bits per heavy atom. The highest BCUT2D eigenvalue weighted by Gasteiger charge is 2.44. The molecule has 138 valence electrons. The van der Waals surface area contributed by atoms with Crippen molar-refractivity contribution in [2.24, 2.45) is 4.99 Å². The number of hydrogen-bond donors (Lipinski definition) is 2. The lowest BCUT2D eigenvalue weighted by Crippen LogP contribution is -2.41. The molecule has 2 N–H and O–H groups in total. The van der Waals surface area contributed by atoms with Gasteiger partial charge in [0.25, 0.3) is 0 Å².